The van der Waals surface area contributed by atoms with Crippen LogP contribution in [-0.4, -0.2) is 62.1 Å². The number of ether oxygens (including phenoxy) is 3. The Bertz CT molecular complexity index is 1260. The molecule has 0 bridgehead atoms. The molecule has 8 nitrogen and oxygen atoms in total. The average molecular weight is 473 g/mol. The fourth-order valence-corrected chi connectivity index (χ4v) is 4.27. The van der Waals surface area contributed by atoms with Crippen molar-refractivity contribution in [2.75, 3.05) is 45.7 Å². The van der Waals surface area contributed by atoms with Crippen molar-refractivity contribution < 1.29 is 19.0 Å². The summed E-state index contributed by atoms with van der Waals surface area (Å²) in [5, 5.41) is 2.96. The molecule has 2 amide bonds. The molecule has 0 aliphatic carbocycles. The highest BCUT2D eigenvalue weighted by Gasteiger charge is 2.27. The number of urea groups is 1. The number of aliphatic imine (C=N–C) groups is 1. The van der Waals surface area contributed by atoms with E-state index in [0.29, 0.717) is 43.4 Å². The second-order valence-corrected chi connectivity index (χ2v) is 8.51. The van der Waals surface area contributed by atoms with E-state index in [1.807, 2.05) is 49.4 Å². The number of benzene rings is 3. The predicted octanol–water partition coefficient (Wildman–Crippen LogP) is 5.05. The van der Waals surface area contributed by atoms with Gasteiger partial charge in [-0.05, 0) is 36.8 Å². The molecule has 1 saturated heterocycles. The number of carbonyl (C=O) groups excluding carboxylic acids is 1. The quantitative estimate of drug-likeness (QED) is 0.578. The average Bonchev–Trinajstić information content (AvgIpc) is 3.04. The molecule has 0 saturated carbocycles. The van der Waals surface area contributed by atoms with Crippen molar-refractivity contribution >= 4 is 23.2 Å². The van der Waals surface area contributed by atoms with Gasteiger partial charge in [0, 0.05) is 50.1 Å². The van der Waals surface area contributed by atoms with E-state index in [4.69, 9.17) is 19.2 Å². The van der Waals surface area contributed by atoms with E-state index in [1.54, 1.807) is 37.3 Å². The number of aryl methyl sites for hydroxylation is 1. The Morgan fingerprint density at radius 1 is 0.914 bits per heavy atom. The van der Waals surface area contributed by atoms with Gasteiger partial charge in [-0.1, -0.05) is 18.2 Å². The summed E-state index contributed by atoms with van der Waals surface area (Å²) in [6.45, 7) is 4.48. The van der Waals surface area contributed by atoms with Crippen LogP contribution in [0.15, 0.2) is 65.7 Å². The van der Waals surface area contributed by atoms with Gasteiger partial charge in [-0.3, -0.25) is 0 Å². The number of hydrogen-bond acceptors (Lipinski definition) is 6. The summed E-state index contributed by atoms with van der Waals surface area (Å²) in [5.74, 6) is 3.63. The minimum atomic E-state index is -0.160. The van der Waals surface area contributed by atoms with Crippen molar-refractivity contribution in [1.29, 1.82) is 0 Å². The molecule has 8 heteroatoms. The highest BCUT2D eigenvalue weighted by atomic mass is 16.5. The third-order valence-electron chi connectivity index (χ3n) is 6.16. The molecular weight excluding hydrogens is 444 g/mol. The number of hydrogen-bond donors (Lipinski definition) is 1. The minimum absolute atomic E-state index is 0.160. The number of anilines is 1. The first-order chi connectivity index (χ1) is 17.0. The smallest absolute Gasteiger partial charge is 0.321 e. The maximum absolute atomic E-state index is 13.0. The lowest BCUT2D eigenvalue weighted by atomic mass is 10.1. The normalized spacial score (nSPS) is 14.7. The Hall–Kier alpha value is -4.20. The predicted molar refractivity (Wildman–Crippen MR) is 136 cm³/mol. The first-order valence-corrected chi connectivity index (χ1v) is 11.5. The summed E-state index contributed by atoms with van der Waals surface area (Å²) in [7, 11) is 3.16. The van der Waals surface area contributed by atoms with Crippen LogP contribution in [0.4, 0.5) is 16.2 Å². The van der Waals surface area contributed by atoms with Gasteiger partial charge >= 0.3 is 6.03 Å². The van der Waals surface area contributed by atoms with Crippen molar-refractivity contribution in [1.82, 2.24) is 9.80 Å². The molecular formula is C27H28N4O4. The summed E-state index contributed by atoms with van der Waals surface area (Å²) in [6, 6.07) is 19.1. The Morgan fingerprint density at radius 2 is 1.63 bits per heavy atom. The zero-order valence-electron chi connectivity index (χ0n) is 20.1. The zero-order valence-corrected chi connectivity index (χ0v) is 20.1. The standard InChI is InChI=1S/C27H28N4O4/c1-18-8-9-23-25(14-18)35-24-7-5-4-6-22(24)26(29-23)30-10-12-31(13-11-30)27(32)28-19-15-20(33-2)17-21(16-19)34-3/h4-9,14-17H,10-13H2,1-3H3,(H,28,32). The number of methoxy groups -OCH3 is 2. The van der Waals surface area contributed by atoms with E-state index in [9.17, 15) is 4.79 Å². The van der Waals surface area contributed by atoms with Crippen LogP contribution < -0.4 is 19.5 Å². The van der Waals surface area contributed by atoms with Gasteiger partial charge in [0.25, 0.3) is 0 Å². The van der Waals surface area contributed by atoms with Gasteiger partial charge in [0.05, 0.1) is 19.8 Å². The fraction of sp³-hybridized carbons (Fsp3) is 0.259. The zero-order chi connectivity index (χ0) is 24.4. The van der Waals surface area contributed by atoms with E-state index in [-0.39, 0.29) is 6.03 Å². The molecule has 3 aromatic carbocycles. The molecule has 35 heavy (non-hydrogen) atoms. The number of nitrogens with zero attached hydrogens (tertiary/aromatic N) is 3. The first kappa shape index (κ1) is 22.6. The Morgan fingerprint density at radius 3 is 2.34 bits per heavy atom. The van der Waals surface area contributed by atoms with Crippen LogP contribution in [0.5, 0.6) is 23.0 Å². The first-order valence-electron chi connectivity index (χ1n) is 11.5. The number of carbonyl (C=O) groups is 1. The van der Waals surface area contributed by atoms with Gasteiger partial charge in [-0.15, -0.1) is 0 Å². The van der Waals surface area contributed by atoms with Gasteiger partial charge in [0.1, 0.15) is 28.8 Å². The van der Waals surface area contributed by atoms with Gasteiger partial charge in [0.15, 0.2) is 5.75 Å². The molecule has 2 aliphatic rings. The lowest BCUT2D eigenvalue weighted by Crippen LogP contribution is -2.51. The largest absolute Gasteiger partial charge is 0.497 e. The van der Waals surface area contributed by atoms with Crippen LogP contribution in [0.1, 0.15) is 11.1 Å². The van der Waals surface area contributed by atoms with Crippen LogP contribution in [0.2, 0.25) is 0 Å². The summed E-state index contributed by atoms with van der Waals surface area (Å²) < 4.78 is 16.8. The van der Waals surface area contributed by atoms with Gasteiger partial charge in [-0.25, -0.2) is 9.79 Å². The topological polar surface area (TPSA) is 75.6 Å². The molecule has 0 atom stereocenters. The number of amides is 2. The third kappa shape index (κ3) is 4.73. The minimum Gasteiger partial charge on any atom is -0.497 e. The van der Waals surface area contributed by atoms with Crippen LogP contribution >= 0.6 is 0 Å². The van der Waals surface area contributed by atoms with Gasteiger partial charge in [-0.2, -0.15) is 0 Å². The highest BCUT2D eigenvalue weighted by molar-refractivity contribution is 6.04. The van der Waals surface area contributed by atoms with Crippen molar-refractivity contribution in [3.8, 4) is 23.0 Å². The third-order valence-corrected chi connectivity index (χ3v) is 6.16. The Kier molecular flexibility index (Phi) is 6.18. The summed E-state index contributed by atoms with van der Waals surface area (Å²) in [6.07, 6.45) is 0. The van der Waals surface area contributed by atoms with Crippen LogP contribution in [0, 0.1) is 6.92 Å². The van der Waals surface area contributed by atoms with Crippen LogP contribution in [0.25, 0.3) is 0 Å². The number of nitrogens with one attached hydrogen (secondary N) is 1. The molecule has 180 valence electrons. The van der Waals surface area contributed by atoms with E-state index >= 15 is 0 Å². The second-order valence-electron chi connectivity index (χ2n) is 8.51. The number of amidine groups is 1. The van der Waals surface area contributed by atoms with Crippen molar-refractivity contribution in [3.05, 3.63) is 71.8 Å². The molecule has 0 radical (unpaired) electrons. The number of rotatable bonds is 3. The van der Waals surface area contributed by atoms with Crippen LogP contribution in [0.3, 0.4) is 0 Å². The molecule has 0 unspecified atom stereocenters. The van der Waals surface area contributed by atoms with Gasteiger partial charge in [0.2, 0.25) is 0 Å². The highest BCUT2D eigenvalue weighted by Crippen LogP contribution is 2.38. The summed E-state index contributed by atoms with van der Waals surface area (Å²) in [5.41, 5.74) is 3.49. The lowest BCUT2D eigenvalue weighted by Gasteiger charge is -2.36. The molecule has 5 rings (SSSR count). The molecule has 2 aliphatic heterocycles. The van der Waals surface area contributed by atoms with E-state index in [0.717, 1.165) is 34.1 Å². The maximum Gasteiger partial charge on any atom is 0.321 e. The number of para-hydroxylation sites is 1. The molecule has 0 aromatic heterocycles. The molecule has 1 fully saturated rings. The summed E-state index contributed by atoms with van der Waals surface area (Å²) in [4.78, 5) is 22.0. The monoisotopic (exact) mass is 472 g/mol. The summed E-state index contributed by atoms with van der Waals surface area (Å²) >= 11 is 0. The molecule has 1 N–H and O–H groups in total. The van der Waals surface area contributed by atoms with Crippen molar-refractivity contribution in [2.45, 2.75) is 6.92 Å². The lowest BCUT2D eigenvalue weighted by molar-refractivity contribution is 0.181. The molecule has 2 heterocycles. The van der Waals surface area contributed by atoms with E-state index in [1.165, 1.54) is 0 Å². The Balaban J connectivity index is 1.33. The van der Waals surface area contributed by atoms with Crippen LogP contribution in [-0.2, 0) is 0 Å². The molecule has 0 spiro atoms. The van der Waals surface area contributed by atoms with Crippen molar-refractivity contribution in [3.63, 3.8) is 0 Å². The molecule has 3 aromatic rings. The van der Waals surface area contributed by atoms with Crippen molar-refractivity contribution in [2.24, 2.45) is 4.99 Å². The maximum atomic E-state index is 13.0. The van der Waals surface area contributed by atoms with E-state index < -0.39 is 0 Å². The van der Waals surface area contributed by atoms with E-state index in [2.05, 4.69) is 10.2 Å². The number of fused-ring (bicyclic) bond motifs is 2. The number of piperazine rings is 1. The fourth-order valence-electron chi connectivity index (χ4n) is 4.27. The second kappa shape index (κ2) is 9.58. The van der Waals surface area contributed by atoms with Gasteiger partial charge < -0.3 is 29.3 Å². The SMILES string of the molecule is COc1cc(NC(=O)N2CCN(C3=Nc4ccc(C)cc4Oc4ccccc43)CC2)cc(OC)c1. The Labute approximate surface area is 204 Å².